The van der Waals surface area contributed by atoms with Crippen molar-refractivity contribution in [3.8, 4) is 0 Å². The number of H-pyrrole nitrogens is 1. The molecule has 1 saturated carbocycles. The number of carbonyl (C=O) groups is 1. The van der Waals surface area contributed by atoms with E-state index in [1.807, 2.05) is 6.07 Å². The second-order valence-corrected chi connectivity index (χ2v) is 10.1. The van der Waals surface area contributed by atoms with Crippen molar-refractivity contribution in [3.05, 3.63) is 51.8 Å². The number of piperidine rings is 1. The van der Waals surface area contributed by atoms with Gasteiger partial charge in [0, 0.05) is 23.4 Å². The van der Waals surface area contributed by atoms with E-state index in [0.29, 0.717) is 41.0 Å². The molecule has 0 bridgehead atoms. The van der Waals surface area contributed by atoms with Gasteiger partial charge in [-0.05, 0) is 81.3 Å². The number of aryl methyl sites for hydroxylation is 2. The summed E-state index contributed by atoms with van der Waals surface area (Å²) in [5, 5.41) is 14.4. The van der Waals surface area contributed by atoms with E-state index in [4.69, 9.17) is 17.3 Å². The largest absolute Gasteiger partial charge is 0.369 e. The highest BCUT2D eigenvalue weighted by Crippen LogP contribution is 2.40. The summed E-state index contributed by atoms with van der Waals surface area (Å²) >= 11 is 6.35. The Bertz CT molecular complexity index is 1230. The normalized spacial score (nSPS) is 16.9. The SMILES string of the molecule is Cc1cc(C2CCN(CC(N)=O)CC2)c(C)cc1Nc1ncc(Cl)c(Nc2cc(C3CC3)[nH]n2)n1. The molecule has 2 aliphatic rings. The van der Waals surface area contributed by atoms with Gasteiger partial charge in [-0.25, -0.2) is 4.98 Å². The molecule has 1 saturated heterocycles. The lowest BCUT2D eigenvalue weighted by atomic mass is 9.85. The lowest BCUT2D eigenvalue weighted by Gasteiger charge is -2.32. The highest BCUT2D eigenvalue weighted by Gasteiger charge is 2.26. The quantitative estimate of drug-likeness (QED) is 0.363. The standard InChI is InChI=1S/C25H31ClN8O/c1-14-10-20(15(2)9-18(14)16-5-7-34(8-6-16)13-22(27)35)29-25-28-12-19(26)24(31-25)30-23-11-21(32-33-23)17-3-4-17/h9-12,16-17H,3-8,13H2,1-2H3,(H2,27,35)(H3,28,29,30,31,32,33). The molecule has 5 rings (SSSR count). The topological polar surface area (TPSA) is 125 Å². The van der Waals surface area contributed by atoms with Gasteiger partial charge >= 0.3 is 0 Å². The van der Waals surface area contributed by atoms with Gasteiger partial charge in [0.15, 0.2) is 11.6 Å². The minimum atomic E-state index is -0.263. The number of halogens is 1. The van der Waals surface area contributed by atoms with Gasteiger partial charge < -0.3 is 16.4 Å². The van der Waals surface area contributed by atoms with Crippen LogP contribution < -0.4 is 16.4 Å². The van der Waals surface area contributed by atoms with Gasteiger partial charge in [0.05, 0.1) is 12.7 Å². The van der Waals surface area contributed by atoms with Crippen molar-refractivity contribution in [2.75, 3.05) is 30.3 Å². The second kappa shape index (κ2) is 9.83. The fourth-order valence-corrected chi connectivity index (χ4v) is 4.93. The van der Waals surface area contributed by atoms with E-state index >= 15 is 0 Å². The highest BCUT2D eigenvalue weighted by molar-refractivity contribution is 6.32. The van der Waals surface area contributed by atoms with Gasteiger partial charge in [-0.2, -0.15) is 10.1 Å². The van der Waals surface area contributed by atoms with Crippen molar-refractivity contribution in [2.45, 2.75) is 51.4 Å². The van der Waals surface area contributed by atoms with E-state index in [9.17, 15) is 4.79 Å². The molecule has 35 heavy (non-hydrogen) atoms. The third-order valence-electron chi connectivity index (χ3n) is 6.87. The maximum atomic E-state index is 11.2. The second-order valence-electron chi connectivity index (χ2n) is 9.66. The van der Waals surface area contributed by atoms with Crippen LogP contribution in [0.4, 0.5) is 23.3 Å². The molecule has 3 heterocycles. The number of aromatic nitrogens is 4. The zero-order chi connectivity index (χ0) is 24.5. The van der Waals surface area contributed by atoms with Gasteiger partial charge in [0.1, 0.15) is 5.02 Å². The maximum absolute atomic E-state index is 11.2. The minimum Gasteiger partial charge on any atom is -0.369 e. The van der Waals surface area contributed by atoms with Crippen LogP contribution in [0.25, 0.3) is 0 Å². The lowest BCUT2D eigenvalue weighted by molar-refractivity contribution is -0.119. The Morgan fingerprint density at radius 3 is 2.60 bits per heavy atom. The Morgan fingerprint density at radius 2 is 1.89 bits per heavy atom. The van der Waals surface area contributed by atoms with Crippen LogP contribution in [-0.4, -0.2) is 50.6 Å². The van der Waals surface area contributed by atoms with Crippen LogP contribution in [0.5, 0.6) is 0 Å². The number of benzene rings is 1. The van der Waals surface area contributed by atoms with E-state index in [1.165, 1.54) is 24.0 Å². The van der Waals surface area contributed by atoms with Crippen LogP contribution in [-0.2, 0) is 4.79 Å². The van der Waals surface area contributed by atoms with Crippen molar-refractivity contribution in [2.24, 2.45) is 5.73 Å². The Balaban J connectivity index is 1.28. The van der Waals surface area contributed by atoms with Gasteiger partial charge in [-0.1, -0.05) is 17.7 Å². The first-order chi connectivity index (χ1) is 16.9. The summed E-state index contributed by atoms with van der Waals surface area (Å²) < 4.78 is 0. The predicted molar refractivity (Wildman–Crippen MR) is 138 cm³/mol. The molecule has 1 aliphatic heterocycles. The monoisotopic (exact) mass is 494 g/mol. The summed E-state index contributed by atoms with van der Waals surface area (Å²) in [5.41, 5.74) is 11.2. The van der Waals surface area contributed by atoms with Crippen LogP contribution in [0.3, 0.4) is 0 Å². The zero-order valence-corrected chi connectivity index (χ0v) is 20.8. The van der Waals surface area contributed by atoms with E-state index in [1.54, 1.807) is 6.20 Å². The smallest absolute Gasteiger partial charge is 0.231 e. The van der Waals surface area contributed by atoms with Crippen molar-refractivity contribution in [1.82, 2.24) is 25.1 Å². The number of nitrogens with zero attached hydrogens (tertiary/aromatic N) is 4. The molecule has 2 aromatic heterocycles. The van der Waals surface area contributed by atoms with E-state index in [2.05, 4.69) is 61.7 Å². The number of nitrogens with one attached hydrogen (secondary N) is 3. The van der Waals surface area contributed by atoms with Crippen LogP contribution >= 0.6 is 11.6 Å². The number of carbonyl (C=O) groups excluding carboxylic acids is 1. The summed E-state index contributed by atoms with van der Waals surface area (Å²) in [6.07, 6.45) is 6.03. The van der Waals surface area contributed by atoms with Crippen molar-refractivity contribution >= 4 is 40.8 Å². The van der Waals surface area contributed by atoms with Crippen molar-refractivity contribution in [1.29, 1.82) is 0 Å². The van der Waals surface area contributed by atoms with Gasteiger partial charge in [-0.3, -0.25) is 14.8 Å². The number of hydrogen-bond acceptors (Lipinski definition) is 7. The number of hydrogen-bond donors (Lipinski definition) is 4. The summed E-state index contributed by atoms with van der Waals surface area (Å²) in [6.45, 7) is 6.34. The molecule has 1 aliphatic carbocycles. The summed E-state index contributed by atoms with van der Waals surface area (Å²) in [6, 6.07) is 6.42. The number of amides is 1. The van der Waals surface area contributed by atoms with Gasteiger partial charge in [0.2, 0.25) is 11.9 Å². The predicted octanol–water partition coefficient (Wildman–Crippen LogP) is 4.50. The van der Waals surface area contributed by atoms with Crippen molar-refractivity contribution in [3.63, 3.8) is 0 Å². The average Bonchev–Trinajstić information content (AvgIpc) is 3.57. The Hall–Kier alpha value is -3.17. The lowest BCUT2D eigenvalue weighted by Crippen LogP contribution is -2.39. The van der Waals surface area contributed by atoms with Crippen LogP contribution in [0.2, 0.25) is 5.02 Å². The third kappa shape index (κ3) is 5.57. The zero-order valence-electron chi connectivity index (χ0n) is 20.1. The number of anilines is 4. The molecule has 0 spiro atoms. The van der Waals surface area contributed by atoms with Crippen molar-refractivity contribution < 1.29 is 4.79 Å². The third-order valence-corrected chi connectivity index (χ3v) is 7.15. The molecule has 184 valence electrons. The molecular formula is C25H31ClN8O. The van der Waals surface area contributed by atoms with Crippen LogP contribution in [0.15, 0.2) is 24.4 Å². The van der Waals surface area contributed by atoms with E-state index < -0.39 is 0 Å². The molecule has 0 atom stereocenters. The molecule has 0 unspecified atom stereocenters. The fraction of sp³-hybridized carbons (Fsp3) is 0.440. The van der Waals surface area contributed by atoms with Crippen LogP contribution in [0.1, 0.15) is 59.9 Å². The number of aromatic amines is 1. The maximum Gasteiger partial charge on any atom is 0.231 e. The van der Waals surface area contributed by atoms with E-state index in [-0.39, 0.29) is 5.91 Å². The minimum absolute atomic E-state index is 0.263. The summed E-state index contributed by atoms with van der Waals surface area (Å²) in [7, 11) is 0. The first-order valence-corrected chi connectivity index (χ1v) is 12.5. The molecule has 1 amide bonds. The highest BCUT2D eigenvalue weighted by atomic mass is 35.5. The number of nitrogens with two attached hydrogens (primary N) is 1. The van der Waals surface area contributed by atoms with Gasteiger partial charge in [-0.15, -0.1) is 0 Å². The van der Waals surface area contributed by atoms with E-state index in [0.717, 1.165) is 42.9 Å². The fourth-order valence-electron chi connectivity index (χ4n) is 4.80. The molecule has 5 N–H and O–H groups in total. The average molecular weight is 495 g/mol. The Kier molecular flexibility index (Phi) is 6.62. The number of likely N-dealkylation sites (tertiary alicyclic amines) is 1. The first-order valence-electron chi connectivity index (χ1n) is 12.1. The molecule has 9 nitrogen and oxygen atoms in total. The van der Waals surface area contributed by atoms with Gasteiger partial charge in [0.25, 0.3) is 0 Å². The number of primary amides is 1. The molecule has 2 fully saturated rings. The molecule has 1 aromatic carbocycles. The molecule has 0 radical (unpaired) electrons. The Labute approximate surface area is 209 Å². The molecule has 10 heteroatoms. The first kappa shape index (κ1) is 23.6. The molecular weight excluding hydrogens is 464 g/mol. The molecule has 3 aromatic rings. The summed E-state index contributed by atoms with van der Waals surface area (Å²) in [5.74, 6) is 2.46. The Morgan fingerprint density at radius 1 is 1.11 bits per heavy atom. The number of rotatable bonds is 8. The summed E-state index contributed by atoms with van der Waals surface area (Å²) in [4.78, 5) is 22.3. The van der Waals surface area contributed by atoms with Crippen LogP contribution in [0, 0.1) is 13.8 Å².